The van der Waals surface area contributed by atoms with Crippen molar-refractivity contribution >= 4 is 11.6 Å². The Bertz CT molecular complexity index is 1090. The molecule has 1 unspecified atom stereocenters. The van der Waals surface area contributed by atoms with Crippen LogP contribution in [0.3, 0.4) is 0 Å². The van der Waals surface area contributed by atoms with Gasteiger partial charge in [0.1, 0.15) is 5.75 Å². The topological polar surface area (TPSA) is 55.6 Å². The zero-order valence-corrected chi connectivity index (χ0v) is 18.0. The number of amides is 1. The average Bonchev–Trinajstić information content (AvgIpc) is 3.01. The van der Waals surface area contributed by atoms with Gasteiger partial charge in [0.15, 0.2) is 0 Å². The highest BCUT2D eigenvalue weighted by Crippen LogP contribution is 2.44. The summed E-state index contributed by atoms with van der Waals surface area (Å²) >= 11 is 0. The maximum Gasteiger partial charge on any atom is 0.255 e. The molecule has 154 valence electrons. The summed E-state index contributed by atoms with van der Waals surface area (Å²) in [6.07, 6.45) is 0. The lowest BCUT2D eigenvalue weighted by atomic mass is 9.90. The van der Waals surface area contributed by atoms with Crippen LogP contribution in [0.1, 0.15) is 64.0 Å². The summed E-state index contributed by atoms with van der Waals surface area (Å²) in [7, 11) is 1.65. The van der Waals surface area contributed by atoms with Gasteiger partial charge >= 0.3 is 0 Å². The Balaban J connectivity index is 1.84. The number of rotatable bonds is 5. The number of ether oxygens (including phenoxy) is 1. The van der Waals surface area contributed by atoms with Crippen LogP contribution in [-0.2, 0) is 6.54 Å². The Morgan fingerprint density at radius 3 is 2.40 bits per heavy atom. The van der Waals surface area contributed by atoms with Crippen LogP contribution >= 0.6 is 0 Å². The van der Waals surface area contributed by atoms with Gasteiger partial charge in [0.05, 0.1) is 13.2 Å². The largest absolute Gasteiger partial charge is 0.497 e. The van der Waals surface area contributed by atoms with E-state index in [9.17, 15) is 4.79 Å². The number of methoxy groups -OCH3 is 1. The third kappa shape index (κ3) is 3.43. The number of nitrogen functional groups attached to an aromatic ring is 1. The fraction of sp³-hybridized carbons (Fsp3) is 0.269. The van der Waals surface area contributed by atoms with E-state index in [1.54, 1.807) is 7.11 Å². The highest BCUT2D eigenvalue weighted by molar-refractivity contribution is 6.01. The van der Waals surface area contributed by atoms with Crippen molar-refractivity contribution in [1.82, 2.24) is 4.90 Å². The van der Waals surface area contributed by atoms with Crippen molar-refractivity contribution in [2.75, 3.05) is 12.8 Å². The Morgan fingerprint density at radius 2 is 1.77 bits per heavy atom. The van der Waals surface area contributed by atoms with Crippen LogP contribution in [0.4, 0.5) is 5.69 Å². The number of carbonyl (C=O) groups excluding carboxylic acids is 1. The summed E-state index contributed by atoms with van der Waals surface area (Å²) in [6, 6.07) is 20.0. The molecule has 4 heteroatoms. The number of hydrogen-bond donors (Lipinski definition) is 1. The first kappa shape index (κ1) is 20.0. The number of carbonyl (C=O) groups is 1. The fourth-order valence-corrected chi connectivity index (χ4v) is 4.25. The monoisotopic (exact) mass is 400 g/mol. The van der Waals surface area contributed by atoms with E-state index in [2.05, 4.69) is 32.9 Å². The lowest BCUT2D eigenvalue weighted by Crippen LogP contribution is -2.28. The van der Waals surface area contributed by atoms with Crippen LogP contribution in [0, 0.1) is 6.92 Å². The summed E-state index contributed by atoms with van der Waals surface area (Å²) in [5.41, 5.74) is 13.3. The molecule has 0 spiro atoms. The molecule has 1 atom stereocenters. The number of nitrogens with zero attached hydrogens (tertiary/aromatic N) is 1. The molecular formula is C26H28N2O2. The quantitative estimate of drug-likeness (QED) is 0.579. The Kier molecular flexibility index (Phi) is 5.25. The zero-order chi connectivity index (χ0) is 21.4. The van der Waals surface area contributed by atoms with Crippen molar-refractivity contribution in [3.8, 4) is 5.75 Å². The normalized spacial score (nSPS) is 15.6. The van der Waals surface area contributed by atoms with Gasteiger partial charge in [0.2, 0.25) is 0 Å². The minimum absolute atomic E-state index is 0.0308. The molecule has 0 aromatic heterocycles. The van der Waals surface area contributed by atoms with Crippen LogP contribution in [-0.4, -0.2) is 17.9 Å². The molecular weight excluding hydrogens is 372 g/mol. The Labute approximate surface area is 178 Å². The highest BCUT2D eigenvalue weighted by atomic mass is 16.5. The molecule has 30 heavy (non-hydrogen) atoms. The molecule has 0 aliphatic carbocycles. The van der Waals surface area contributed by atoms with Crippen LogP contribution in [0.15, 0.2) is 60.7 Å². The summed E-state index contributed by atoms with van der Waals surface area (Å²) in [4.78, 5) is 15.5. The van der Waals surface area contributed by atoms with E-state index in [1.807, 2.05) is 53.4 Å². The average molecular weight is 401 g/mol. The van der Waals surface area contributed by atoms with Crippen molar-refractivity contribution in [2.24, 2.45) is 0 Å². The molecule has 0 fully saturated rings. The predicted molar refractivity (Wildman–Crippen MR) is 121 cm³/mol. The molecule has 3 aromatic rings. The van der Waals surface area contributed by atoms with E-state index in [0.29, 0.717) is 18.2 Å². The third-order valence-electron chi connectivity index (χ3n) is 5.97. The number of nitrogens with two attached hydrogens (primary N) is 1. The van der Waals surface area contributed by atoms with Gasteiger partial charge < -0.3 is 15.4 Å². The van der Waals surface area contributed by atoms with E-state index in [4.69, 9.17) is 10.5 Å². The number of fused-ring (bicyclic) bond motifs is 1. The van der Waals surface area contributed by atoms with Crippen molar-refractivity contribution in [2.45, 2.75) is 39.3 Å². The van der Waals surface area contributed by atoms with E-state index < -0.39 is 0 Å². The predicted octanol–water partition coefficient (Wildman–Crippen LogP) is 5.45. The van der Waals surface area contributed by atoms with E-state index in [-0.39, 0.29) is 11.9 Å². The molecule has 0 saturated carbocycles. The molecule has 4 rings (SSSR count). The van der Waals surface area contributed by atoms with Gasteiger partial charge in [-0.25, -0.2) is 0 Å². The molecule has 3 aromatic carbocycles. The van der Waals surface area contributed by atoms with Gasteiger partial charge in [0.25, 0.3) is 5.91 Å². The molecule has 1 aliphatic rings. The number of anilines is 1. The van der Waals surface area contributed by atoms with Gasteiger partial charge in [0, 0.05) is 23.4 Å². The number of benzene rings is 3. The molecule has 4 nitrogen and oxygen atoms in total. The molecule has 1 aliphatic heterocycles. The first-order valence-electron chi connectivity index (χ1n) is 10.3. The number of hydrogen-bond acceptors (Lipinski definition) is 3. The van der Waals surface area contributed by atoms with Crippen molar-refractivity contribution in [1.29, 1.82) is 0 Å². The van der Waals surface area contributed by atoms with E-state index >= 15 is 0 Å². The van der Waals surface area contributed by atoms with Crippen molar-refractivity contribution in [3.05, 3.63) is 94.0 Å². The molecule has 1 amide bonds. The number of aryl methyl sites for hydroxylation is 1. The third-order valence-corrected chi connectivity index (χ3v) is 5.97. The second-order valence-electron chi connectivity index (χ2n) is 8.27. The Hall–Kier alpha value is -3.27. The molecule has 1 heterocycles. The van der Waals surface area contributed by atoms with E-state index in [1.165, 1.54) is 0 Å². The van der Waals surface area contributed by atoms with Gasteiger partial charge in [-0.2, -0.15) is 0 Å². The maximum atomic E-state index is 13.6. The summed E-state index contributed by atoms with van der Waals surface area (Å²) < 4.78 is 5.27. The molecule has 0 saturated heterocycles. The van der Waals surface area contributed by atoms with Gasteiger partial charge in [-0.1, -0.05) is 50.2 Å². The van der Waals surface area contributed by atoms with Crippen molar-refractivity contribution in [3.63, 3.8) is 0 Å². The van der Waals surface area contributed by atoms with Gasteiger partial charge in [-0.3, -0.25) is 4.79 Å². The summed E-state index contributed by atoms with van der Waals surface area (Å²) in [5, 5.41) is 0. The molecule has 0 radical (unpaired) electrons. The van der Waals surface area contributed by atoms with Crippen LogP contribution in [0.25, 0.3) is 0 Å². The second-order valence-corrected chi connectivity index (χ2v) is 8.27. The van der Waals surface area contributed by atoms with Crippen LogP contribution in [0.5, 0.6) is 5.75 Å². The maximum absolute atomic E-state index is 13.6. The lowest BCUT2D eigenvalue weighted by molar-refractivity contribution is 0.0735. The van der Waals surface area contributed by atoms with Gasteiger partial charge in [-0.15, -0.1) is 0 Å². The van der Waals surface area contributed by atoms with E-state index in [0.717, 1.165) is 39.1 Å². The smallest absolute Gasteiger partial charge is 0.255 e. The van der Waals surface area contributed by atoms with Gasteiger partial charge in [-0.05, 0) is 59.4 Å². The fourth-order valence-electron chi connectivity index (χ4n) is 4.25. The minimum Gasteiger partial charge on any atom is -0.497 e. The van der Waals surface area contributed by atoms with Crippen molar-refractivity contribution < 1.29 is 9.53 Å². The SMILES string of the molecule is COc1ccc(CN2C(=O)c3cc(C(C)C)cc(N)c3C2c2ccccc2C)cc1. The summed E-state index contributed by atoms with van der Waals surface area (Å²) in [5.74, 6) is 1.14. The molecule has 0 bridgehead atoms. The molecule has 2 N–H and O–H groups in total. The summed E-state index contributed by atoms with van der Waals surface area (Å²) in [6.45, 7) is 6.83. The van der Waals surface area contributed by atoms with Crippen LogP contribution < -0.4 is 10.5 Å². The zero-order valence-electron chi connectivity index (χ0n) is 18.0. The first-order valence-corrected chi connectivity index (χ1v) is 10.3. The second kappa shape index (κ2) is 7.86. The minimum atomic E-state index is -0.197. The Morgan fingerprint density at radius 1 is 1.07 bits per heavy atom. The highest BCUT2D eigenvalue weighted by Gasteiger charge is 2.40. The first-order chi connectivity index (χ1) is 14.4. The van der Waals surface area contributed by atoms with Crippen LogP contribution in [0.2, 0.25) is 0 Å². The standard InChI is InChI=1S/C26H28N2O2/c1-16(2)19-13-22-24(23(27)14-19)25(21-8-6-5-7-17(21)3)28(26(22)29)15-18-9-11-20(30-4)12-10-18/h5-14,16,25H,15,27H2,1-4H3. The lowest BCUT2D eigenvalue weighted by Gasteiger charge is -2.28.